The third-order valence-electron chi connectivity index (χ3n) is 3.42. The Bertz CT molecular complexity index is 708. The topological polar surface area (TPSA) is 63.6 Å². The van der Waals surface area contributed by atoms with E-state index in [9.17, 15) is 35.5 Å². The molecule has 0 fully saturated rings. The van der Waals surface area contributed by atoms with Crippen molar-refractivity contribution in [3.63, 3.8) is 0 Å². The van der Waals surface area contributed by atoms with Crippen molar-refractivity contribution in [2.45, 2.75) is 35.8 Å². The van der Waals surface area contributed by atoms with Gasteiger partial charge in [-0.2, -0.15) is 13.2 Å². The molecule has 1 aromatic rings. The normalized spacial score (nSPS) is 22.0. The third kappa shape index (κ3) is 3.45. The quantitative estimate of drug-likeness (QED) is 0.816. The maximum Gasteiger partial charge on any atom is 0.394 e. The molecule has 11 heteroatoms. The largest absolute Gasteiger partial charge is 0.483 e. The molecule has 2 rings (SSSR count). The number of hydrogen-bond acceptors (Lipinski definition) is 5. The average molecular weight is 380 g/mol. The van der Waals surface area contributed by atoms with E-state index in [2.05, 4.69) is 0 Å². The molecule has 1 aliphatic rings. The van der Waals surface area contributed by atoms with E-state index in [4.69, 9.17) is 4.74 Å². The molecule has 23 heavy (non-hydrogen) atoms. The summed E-state index contributed by atoms with van der Waals surface area (Å²) in [5, 5.41) is 9.30. The van der Waals surface area contributed by atoms with Gasteiger partial charge < -0.3 is 9.84 Å². The first kappa shape index (κ1) is 18.4. The number of halogens is 5. The smallest absolute Gasteiger partial charge is 0.394 e. The molecule has 4 nitrogen and oxygen atoms in total. The van der Waals surface area contributed by atoms with Gasteiger partial charge in [0, 0.05) is 23.8 Å². The summed E-state index contributed by atoms with van der Waals surface area (Å²) in [5.74, 6) is -5.44. The Morgan fingerprint density at radius 3 is 2.48 bits per heavy atom. The molecule has 0 aliphatic heterocycles. The van der Waals surface area contributed by atoms with Crippen LogP contribution in [0.3, 0.4) is 0 Å². The Balaban J connectivity index is 2.39. The highest BCUT2D eigenvalue weighted by Gasteiger charge is 2.52. The van der Waals surface area contributed by atoms with Crippen LogP contribution in [0.1, 0.15) is 24.2 Å². The van der Waals surface area contributed by atoms with Crippen LogP contribution in [-0.4, -0.2) is 38.5 Å². The maximum atomic E-state index is 13.6. The summed E-state index contributed by atoms with van der Waals surface area (Å²) >= 11 is 0.455. The van der Waals surface area contributed by atoms with E-state index in [0.29, 0.717) is 11.3 Å². The van der Waals surface area contributed by atoms with E-state index in [0.717, 1.165) is 13.2 Å². The number of alkyl halides is 5. The van der Waals surface area contributed by atoms with Crippen molar-refractivity contribution in [3.05, 3.63) is 11.1 Å². The minimum absolute atomic E-state index is 0.248. The number of hydrogen-bond donors (Lipinski definition) is 1. The summed E-state index contributed by atoms with van der Waals surface area (Å²) in [5.41, 5.74) is -0.723. The van der Waals surface area contributed by atoms with Gasteiger partial charge in [0.1, 0.15) is 16.9 Å². The van der Waals surface area contributed by atoms with E-state index < -0.39 is 56.8 Å². The molecule has 2 atom stereocenters. The number of ether oxygens (including phenoxy) is 1. The van der Waals surface area contributed by atoms with Crippen LogP contribution in [0.15, 0.2) is 4.21 Å². The Morgan fingerprint density at radius 1 is 1.43 bits per heavy atom. The molecule has 0 amide bonds. The molecule has 0 bridgehead atoms. The van der Waals surface area contributed by atoms with Crippen molar-refractivity contribution >= 4 is 21.2 Å². The van der Waals surface area contributed by atoms with Crippen LogP contribution >= 0.6 is 11.3 Å². The van der Waals surface area contributed by atoms with Gasteiger partial charge in [-0.05, 0) is 0 Å². The number of aliphatic hydroxyl groups is 1. The van der Waals surface area contributed by atoms with Gasteiger partial charge in [0.05, 0.1) is 5.92 Å². The van der Waals surface area contributed by atoms with Crippen LogP contribution in [0.5, 0.6) is 5.06 Å². The van der Waals surface area contributed by atoms with Gasteiger partial charge in [0.25, 0.3) is 5.92 Å². The zero-order chi connectivity index (χ0) is 17.8. The van der Waals surface area contributed by atoms with Crippen LogP contribution in [0.25, 0.3) is 0 Å². The average Bonchev–Trinajstić information content (AvgIpc) is 2.81. The highest BCUT2D eigenvalue weighted by atomic mass is 32.2. The Labute approximate surface area is 132 Å². The van der Waals surface area contributed by atoms with Crippen molar-refractivity contribution < 1.29 is 40.2 Å². The van der Waals surface area contributed by atoms with Crippen LogP contribution in [-0.2, 0) is 16.3 Å². The van der Waals surface area contributed by atoms with E-state index in [1.165, 1.54) is 0 Å². The van der Waals surface area contributed by atoms with Crippen LogP contribution in [0, 0.1) is 5.92 Å². The van der Waals surface area contributed by atoms with E-state index in [-0.39, 0.29) is 10.6 Å². The molecule has 1 aromatic heterocycles. The molecule has 1 N–H and O–H groups in total. The molecule has 0 saturated heterocycles. The molecule has 1 heterocycles. The molecule has 0 unspecified atom stereocenters. The molecule has 0 saturated carbocycles. The number of aliphatic hydroxyl groups excluding tert-OH is 1. The minimum Gasteiger partial charge on any atom is -0.483 e. The van der Waals surface area contributed by atoms with E-state index in [1.807, 2.05) is 0 Å². The first-order chi connectivity index (χ1) is 10.2. The first-order valence-electron chi connectivity index (χ1n) is 6.36. The van der Waals surface area contributed by atoms with E-state index in [1.54, 1.807) is 0 Å². The fourth-order valence-corrected chi connectivity index (χ4v) is 4.52. The predicted octanol–water partition coefficient (Wildman–Crippen LogP) is 2.95. The monoisotopic (exact) mass is 380 g/mol. The summed E-state index contributed by atoms with van der Waals surface area (Å²) in [4.78, 5) is 0. The summed E-state index contributed by atoms with van der Waals surface area (Å²) in [6.45, 7) is 0.0239. The summed E-state index contributed by atoms with van der Waals surface area (Å²) in [6.07, 6.45) is -7.06. The van der Waals surface area contributed by atoms with Gasteiger partial charge in [0.2, 0.25) is 0 Å². The zero-order valence-corrected chi connectivity index (χ0v) is 13.6. The third-order valence-corrected chi connectivity index (χ3v) is 6.43. The molecule has 0 aromatic carbocycles. The fraction of sp³-hybridized carbons (Fsp3) is 0.667. The van der Waals surface area contributed by atoms with Crippen molar-refractivity contribution in [2.24, 2.45) is 5.92 Å². The zero-order valence-electron chi connectivity index (χ0n) is 11.9. The molecular weight excluding hydrogens is 367 g/mol. The van der Waals surface area contributed by atoms with Crippen LogP contribution in [0.4, 0.5) is 22.0 Å². The maximum absolute atomic E-state index is 13.6. The first-order valence-corrected chi connectivity index (χ1v) is 9.07. The lowest BCUT2D eigenvalue weighted by molar-refractivity contribution is -0.176. The molecular formula is C12H13F5O4S2. The van der Waals surface area contributed by atoms with Crippen molar-refractivity contribution in [3.8, 4) is 5.06 Å². The second kappa shape index (κ2) is 5.55. The van der Waals surface area contributed by atoms with Gasteiger partial charge in [-0.15, -0.1) is 0 Å². The number of thiophene rings is 1. The number of fused-ring (bicyclic) bond motifs is 1. The fourth-order valence-electron chi connectivity index (χ4n) is 2.11. The summed E-state index contributed by atoms with van der Waals surface area (Å²) in [6, 6.07) is 0. The second-order valence-electron chi connectivity index (χ2n) is 5.44. The van der Waals surface area contributed by atoms with Crippen LogP contribution < -0.4 is 4.74 Å². The van der Waals surface area contributed by atoms with E-state index >= 15 is 0 Å². The number of sulfone groups is 1. The molecule has 0 spiro atoms. The lowest BCUT2D eigenvalue weighted by Crippen LogP contribution is -2.26. The lowest BCUT2D eigenvalue weighted by Gasteiger charge is -2.16. The van der Waals surface area contributed by atoms with Gasteiger partial charge in [-0.25, -0.2) is 17.2 Å². The highest BCUT2D eigenvalue weighted by molar-refractivity contribution is 7.92. The van der Waals surface area contributed by atoms with Gasteiger partial charge >= 0.3 is 6.18 Å². The Kier molecular flexibility index (Phi) is 4.44. The molecule has 132 valence electrons. The Hall–Kier alpha value is -0.940. The summed E-state index contributed by atoms with van der Waals surface area (Å²) < 4.78 is 92.5. The molecule has 1 aliphatic carbocycles. The summed E-state index contributed by atoms with van der Waals surface area (Å²) in [7, 11) is -3.93. The Morgan fingerprint density at radius 2 is 2.00 bits per heavy atom. The van der Waals surface area contributed by atoms with Crippen molar-refractivity contribution in [1.29, 1.82) is 0 Å². The van der Waals surface area contributed by atoms with Crippen molar-refractivity contribution in [2.75, 3.05) is 12.9 Å². The SMILES string of the molecule is C[C@@H](COc1sc(S(C)(=O)=O)c2c1CC(F)(F)[C@H]2O)C(F)(F)F. The van der Waals surface area contributed by atoms with Crippen LogP contribution in [0.2, 0.25) is 0 Å². The van der Waals surface area contributed by atoms with Crippen molar-refractivity contribution in [1.82, 2.24) is 0 Å². The second-order valence-corrected chi connectivity index (χ2v) is 8.63. The van der Waals surface area contributed by atoms with Gasteiger partial charge in [0.15, 0.2) is 14.9 Å². The molecule has 0 radical (unpaired) electrons. The minimum atomic E-state index is -4.52. The highest BCUT2D eigenvalue weighted by Crippen LogP contribution is 2.53. The van der Waals surface area contributed by atoms with Gasteiger partial charge in [-0.3, -0.25) is 0 Å². The predicted molar refractivity (Wildman–Crippen MR) is 71.8 cm³/mol. The number of rotatable bonds is 4. The lowest BCUT2D eigenvalue weighted by atomic mass is 10.2. The van der Waals surface area contributed by atoms with Gasteiger partial charge in [-0.1, -0.05) is 18.3 Å². The standard InChI is InChI=1S/C12H13F5O4S2/c1-5(12(15,16)17)4-21-9-6-3-11(13,14)8(18)7(6)10(22-9)23(2,19)20/h5,8,18H,3-4H2,1-2H3/t5-,8-/m0/s1.